The average molecular weight is 379 g/mol. The van der Waals surface area contributed by atoms with Gasteiger partial charge in [-0.2, -0.15) is 0 Å². The van der Waals surface area contributed by atoms with Crippen molar-refractivity contribution in [3.63, 3.8) is 0 Å². The predicted molar refractivity (Wildman–Crippen MR) is 97.7 cm³/mol. The number of carboxylic acid groups (broad SMARTS) is 1. The zero-order valence-corrected chi connectivity index (χ0v) is 15.9. The highest BCUT2D eigenvalue weighted by molar-refractivity contribution is 5.98. The Kier molecular flexibility index (Phi) is 6.27. The Morgan fingerprint density at radius 1 is 1.26 bits per heavy atom. The van der Waals surface area contributed by atoms with Crippen molar-refractivity contribution in [2.24, 2.45) is 0 Å². The van der Waals surface area contributed by atoms with E-state index in [4.69, 9.17) is 14.6 Å². The number of hydrazine groups is 1. The van der Waals surface area contributed by atoms with E-state index < -0.39 is 23.7 Å². The van der Waals surface area contributed by atoms with E-state index >= 15 is 0 Å². The van der Waals surface area contributed by atoms with Gasteiger partial charge in [0.2, 0.25) is 5.91 Å². The number of benzene rings is 1. The number of nitrogens with zero attached hydrogens (tertiary/aromatic N) is 1. The van der Waals surface area contributed by atoms with Crippen molar-refractivity contribution in [1.82, 2.24) is 10.4 Å². The van der Waals surface area contributed by atoms with Gasteiger partial charge in [0, 0.05) is 6.54 Å². The van der Waals surface area contributed by atoms with Crippen LogP contribution in [0.3, 0.4) is 0 Å². The largest absolute Gasteiger partial charge is 0.495 e. The molecule has 9 heteroatoms. The summed E-state index contributed by atoms with van der Waals surface area (Å²) in [7, 11) is 1.43. The van der Waals surface area contributed by atoms with Gasteiger partial charge < -0.3 is 19.9 Å². The van der Waals surface area contributed by atoms with Gasteiger partial charge in [-0.1, -0.05) is 0 Å². The van der Waals surface area contributed by atoms with E-state index in [0.29, 0.717) is 18.7 Å². The maximum atomic E-state index is 12.7. The fourth-order valence-electron chi connectivity index (χ4n) is 2.75. The van der Waals surface area contributed by atoms with Crippen LogP contribution in [0.5, 0.6) is 5.75 Å². The lowest BCUT2D eigenvalue weighted by Gasteiger charge is -2.27. The number of amides is 2. The standard InChI is InChI=1S/C18H25N3O6/c1-18(2,3)27-17(25)20-21-9-5-6-13(21)15(22)19-12-10-11(16(23)24)7-8-14(12)26-4/h7-8,10,13H,5-6,9H2,1-4H3,(H,19,22)(H,20,25)(H,23,24). The number of hydrogen-bond acceptors (Lipinski definition) is 6. The maximum Gasteiger partial charge on any atom is 0.422 e. The van der Waals surface area contributed by atoms with Gasteiger partial charge in [-0.3, -0.25) is 10.2 Å². The van der Waals surface area contributed by atoms with Gasteiger partial charge in [-0.05, 0) is 51.8 Å². The molecule has 1 unspecified atom stereocenters. The lowest BCUT2D eigenvalue weighted by atomic mass is 10.1. The molecule has 1 aliphatic heterocycles. The molecule has 0 aliphatic carbocycles. The molecule has 0 saturated carbocycles. The number of carbonyl (C=O) groups excluding carboxylic acids is 2. The lowest BCUT2D eigenvalue weighted by molar-refractivity contribution is -0.121. The number of aromatic carboxylic acids is 1. The molecule has 0 aromatic heterocycles. The monoisotopic (exact) mass is 379 g/mol. The van der Waals surface area contributed by atoms with Crippen LogP contribution in [0, 0.1) is 0 Å². The number of carboxylic acids is 1. The van der Waals surface area contributed by atoms with Gasteiger partial charge >= 0.3 is 12.1 Å². The minimum atomic E-state index is -1.11. The fraction of sp³-hybridized carbons (Fsp3) is 0.500. The summed E-state index contributed by atoms with van der Waals surface area (Å²) in [5, 5.41) is 13.3. The van der Waals surface area contributed by atoms with Gasteiger partial charge in [-0.25, -0.2) is 14.6 Å². The summed E-state index contributed by atoms with van der Waals surface area (Å²) in [6.07, 6.45) is 0.635. The Hall–Kier alpha value is -2.81. The molecule has 1 saturated heterocycles. The molecule has 1 aliphatic rings. The Balaban J connectivity index is 2.09. The summed E-state index contributed by atoms with van der Waals surface area (Å²) in [4.78, 5) is 35.8. The first-order valence-corrected chi connectivity index (χ1v) is 8.59. The van der Waals surface area contributed by atoms with Gasteiger partial charge in [0.15, 0.2) is 0 Å². The minimum absolute atomic E-state index is 0.0289. The van der Waals surface area contributed by atoms with E-state index in [2.05, 4.69) is 10.7 Å². The second kappa shape index (κ2) is 8.26. The first kappa shape index (κ1) is 20.5. The molecule has 0 bridgehead atoms. The molecule has 148 valence electrons. The number of carbonyl (C=O) groups is 3. The highest BCUT2D eigenvalue weighted by Gasteiger charge is 2.33. The Bertz CT molecular complexity index is 728. The quantitative estimate of drug-likeness (QED) is 0.718. The van der Waals surface area contributed by atoms with Crippen molar-refractivity contribution in [2.45, 2.75) is 45.3 Å². The molecule has 2 rings (SSSR count). The van der Waals surface area contributed by atoms with Gasteiger partial charge in [0.25, 0.3) is 0 Å². The fourth-order valence-corrected chi connectivity index (χ4v) is 2.75. The first-order valence-electron chi connectivity index (χ1n) is 8.59. The van der Waals surface area contributed by atoms with Crippen LogP contribution in [0.1, 0.15) is 44.0 Å². The highest BCUT2D eigenvalue weighted by atomic mass is 16.6. The summed E-state index contributed by atoms with van der Waals surface area (Å²) in [6.45, 7) is 5.76. The topological polar surface area (TPSA) is 117 Å². The van der Waals surface area contributed by atoms with Crippen molar-refractivity contribution in [1.29, 1.82) is 0 Å². The van der Waals surface area contributed by atoms with E-state index in [1.165, 1.54) is 30.3 Å². The van der Waals surface area contributed by atoms with Crippen LogP contribution in [-0.2, 0) is 9.53 Å². The maximum absolute atomic E-state index is 12.7. The molecular weight excluding hydrogens is 354 g/mol. The van der Waals surface area contributed by atoms with Crippen LogP contribution in [-0.4, -0.2) is 53.4 Å². The Morgan fingerprint density at radius 3 is 2.56 bits per heavy atom. The molecule has 0 spiro atoms. The Morgan fingerprint density at radius 2 is 1.96 bits per heavy atom. The summed E-state index contributed by atoms with van der Waals surface area (Å²) >= 11 is 0. The van der Waals surface area contributed by atoms with Gasteiger partial charge in [0.1, 0.15) is 17.4 Å². The summed E-state index contributed by atoms with van der Waals surface area (Å²) in [5.41, 5.74) is 2.23. The molecule has 0 radical (unpaired) electrons. The number of rotatable bonds is 5. The summed E-state index contributed by atoms with van der Waals surface area (Å²) < 4.78 is 10.4. The number of anilines is 1. The average Bonchev–Trinajstić information content (AvgIpc) is 3.00. The minimum Gasteiger partial charge on any atom is -0.495 e. The van der Waals surface area contributed by atoms with E-state index in [0.717, 1.165) is 6.42 Å². The van der Waals surface area contributed by atoms with Gasteiger partial charge in [0.05, 0.1) is 18.4 Å². The summed E-state index contributed by atoms with van der Waals surface area (Å²) in [6, 6.07) is 3.60. The second-order valence-electron chi connectivity index (χ2n) is 7.17. The van der Waals surface area contributed by atoms with Crippen LogP contribution in [0.4, 0.5) is 10.5 Å². The SMILES string of the molecule is COc1ccc(C(=O)O)cc1NC(=O)C1CCCN1NC(=O)OC(C)(C)C. The summed E-state index contributed by atoms with van der Waals surface area (Å²) in [5.74, 6) is -1.13. The molecule has 3 N–H and O–H groups in total. The van der Waals surface area contributed by atoms with E-state index in [1.54, 1.807) is 20.8 Å². The smallest absolute Gasteiger partial charge is 0.422 e. The number of hydrogen-bond donors (Lipinski definition) is 3. The van der Waals surface area contributed by atoms with Crippen molar-refractivity contribution in [3.05, 3.63) is 23.8 Å². The molecule has 2 amide bonds. The first-order chi connectivity index (χ1) is 12.6. The van der Waals surface area contributed by atoms with Crippen LogP contribution >= 0.6 is 0 Å². The molecule has 27 heavy (non-hydrogen) atoms. The zero-order valence-electron chi connectivity index (χ0n) is 15.9. The van der Waals surface area contributed by atoms with Crippen LogP contribution in [0.25, 0.3) is 0 Å². The third-order valence-corrected chi connectivity index (χ3v) is 3.89. The van der Waals surface area contributed by atoms with Gasteiger partial charge in [-0.15, -0.1) is 0 Å². The van der Waals surface area contributed by atoms with Crippen LogP contribution < -0.4 is 15.5 Å². The van der Waals surface area contributed by atoms with E-state index in [9.17, 15) is 14.4 Å². The van der Waals surface area contributed by atoms with Crippen molar-refractivity contribution >= 4 is 23.7 Å². The number of nitrogens with one attached hydrogen (secondary N) is 2. The molecule has 1 atom stereocenters. The van der Waals surface area contributed by atoms with Crippen LogP contribution in [0.2, 0.25) is 0 Å². The predicted octanol–water partition coefficient (Wildman–Crippen LogP) is 2.24. The molecular formula is C18H25N3O6. The van der Waals surface area contributed by atoms with E-state index in [-0.39, 0.29) is 17.2 Å². The lowest BCUT2D eigenvalue weighted by Crippen LogP contribution is -2.51. The highest BCUT2D eigenvalue weighted by Crippen LogP contribution is 2.27. The second-order valence-corrected chi connectivity index (χ2v) is 7.17. The third-order valence-electron chi connectivity index (χ3n) is 3.89. The number of ether oxygens (including phenoxy) is 2. The molecule has 1 aromatic carbocycles. The molecule has 1 aromatic rings. The zero-order chi connectivity index (χ0) is 20.2. The number of methoxy groups -OCH3 is 1. The molecule has 9 nitrogen and oxygen atoms in total. The Labute approximate surface area is 157 Å². The van der Waals surface area contributed by atoms with Crippen molar-refractivity contribution in [2.75, 3.05) is 19.0 Å². The van der Waals surface area contributed by atoms with Crippen LogP contribution in [0.15, 0.2) is 18.2 Å². The normalized spacial score (nSPS) is 17.3. The van der Waals surface area contributed by atoms with E-state index in [1.807, 2.05) is 0 Å². The van der Waals surface area contributed by atoms with Crippen molar-refractivity contribution < 1.29 is 29.0 Å². The molecule has 1 fully saturated rings. The van der Waals surface area contributed by atoms with Crippen molar-refractivity contribution in [3.8, 4) is 5.75 Å². The third kappa shape index (κ3) is 5.58. The molecule has 1 heterocycles.